The third-order valence-corrected chi connectivity index (χ3v) is 7.31. The lowest BCUT2D eigenvalue weighted by Crippen LogP contribution is -2.48. The van der Waals surface area contributed by atoms with Gasteiger partial charge in [-0.2, -0.15) is 0 Å². The topological polar surface area (TPSA) is 73.8 Å². The van der Waals surface area contributed by atoms with Crippen LogP contribution in [0.5, 0.6) is 11.5 Å². The maximum Gasteiger partial charge on any atom is 0.137 e. The summed E-state index contributed by atoms with van der Waals surface area (Å²) in [4.78, 5) is 12.9. The number of aryl methyl sites for hydroxylation is 1. The number of benzene rings is 3. The molecule has 1 unspecified atom stereocenters. The number of piperazine rings is 1. The molecular formula is C31H36N4O3. The number of hydrogen-bond acceptors (Lipinski definition) is 6. The molecule has 7 heteroatoms. The first-order valence-electron chi connectivity index (χ1n) is 13.1. The lowest BCUT2D eigenvalue weighted by atomic mass is 9.96. The van der Waals surface area contributed by atoms with Gasteiger partial charge < -0.3 is 19.6 Å². The first kappa shape index (κ1) is 26.0. The van der Waals surface area contributed by atoms with E-state index < -0.39 is 6.10 Å². The van der Waals surface area contributed by atoms with Crippen LogP contribution in [0.2, 0.25) is 0 Å². The Hall–Kier alpha value is -3.65. The van der Waals surface area contributed by atoms with E-state index in [0.29, 0.717) is 6.54 Å². The van der Waals surface area contributed by atoms with Gasteiger partial charge in [-0.25, -0.2) is 4.98 Å². The van der Waals surface area contributed by atoms with Crippen LogP contribution in [0.1, 0.15) is 34.7 Å². The molecule has 1 aliphatic heterocycles. The summed E-state index contributed by atoms with van der Waals surface area (Å²) in [5.41, 5.74) is 5.02. The average Bonchev–Trinajstić information content (AvgIpc) is 3.36. The van der Waals surface area contributed by atoms with Crippen LogP contribution in [0.4, 0.5) is 0 Å². The van der Waals surface area contributed by atoms with Gasteiger partial charge in [0.1, 0.15) is 23.4 Å². The number of aromatic nitrogens is 2. The van der Waals surface area contributed by atoms with E-state index >= 15 is 0 Å². The molecule has 5 rings (SSSR count). The molecule has 1 atom stereocenters. The summed E-state index contributed by atoms with van der Waals surface area (Å²) in [6.45, 7) is 5.99. The molecule has 0 spiro atoms. The fourth-order valence-electron chi connectivity index (χ4n) is 5.30. The van der Waals surface area contributed by atoms with Crippen LogP contribution in [0.15, 0.2) is 78.9 Å². The van der Waals surface area contributed by atoms with Crippen LogP contribution in [-0.2, 0) is 0 Å². The highest BCUT2D eigenvalue weighted by Crippen LogP contribution is 2.33. The van der Waals surface area contributed by atoms with Crippen LogP contribution >= 0.6 is 0 Å². The van der Waals surface area contributed by atoms with E-state index in [1.165, 1.54) is 11.1 Å². The van der Waals surface area contributed by atoms with Crippen molar-refractivity contribution in [2.75, 3.05) is 46.9 Å². The van der Waals surface area contributed by atoms with Crippen LogP contribution in [0.3, 0.4) is 0 Å². The molecule has 0 saturated carbocycles. The second-order valence-electron chi connectivity index (χ2n) is 9.77. The van der Waals surface area contributed by atoms with Gasteiger partial charge in [0.05, 0.1) is 26.0 Å². The number of rotatable bonds is 9. The van der Waals surface area contributed by atoms with Crippen LogP contribution in [0.25, 0.3) is 11.4 Å². The van der Waals surface area contributed by atoms with E-state index in [1.54, 1.807) is 14.2 Å². The Morgan fingerprint density at radius 1 is 0.842 bits per heavy atom. The van der Waals surface area contributed by atoms with Crippen molar-refractivity contribution in [3.8, 4) is 22.9 Å². The zero-order chi connectivity index (χ0) is 26.5. The van der Waals surface area contributed by atoms with Gasteiger partial charge in [-0.3, -0.25) is 9.80 Å². The SMILES string of the molecule is COc1cccc(C(c2cccc(OC)c2)N2CCN(CC(O)c3nc(-c4ccccc4)[nH]c3C)CC2)c1. The highest BCUT2D eigenvalue weighted by atomic mass is 16.5. The van der Waals surface area contributed by atoms with E-state index in [0.717, 1.165) is 60.5 Å². The molecule has 2 heterocycles. The van der Waals surface area contributed by atoms with Crippen molar-refractivity contribution in [3.63, 3.8) is 0 Å². The Morgan fingerprint density at radius 2 is 1.45 bits per heavy atom. The molecule has 1 fully saturated rings. The molecule has 1 aliphatic rings. The summed E-state index contributed by atoms with van der Waals surface area (Å²) in [6.07, 6.45) is -0.650. The number of nitrogens with zero attached hydrogens (tertiary/aromatic N) is 3. The lowest BCUT2D eigenvalue weighted by Gasteiger charge is -2.40. The van der Waals surface area contributed by atoms with Crippen molar-refractivity contribution < 1.29 is 14.6 Å². The van der Waals surface area contributed by atoms with Gasteiger partial charge in [0, 0.05) is 44.0 Å². The molecule has 0 bridgehead atoms. The molecule has 0 radical (unpaired) electrons. The van der Waals surface area contributed by atoms with Gasteiger partial charge in [-0.15, -0.1) is 0 Å². The Labute approximate surface area is 224 Å². The Balaban J connectivity index is 1.29. The quantitative estimate of drug-likeness (QED) is 0.334. The minimum atomic E-state index is -0.650. The van der Waals surface area contributed by atoms with Crippen LogP contribution in [-0.4, -0.2) is 71.8 Å². The smallest absolute Gasteiger partial charge is 0.137 e. The van der Waals surface area contributed by atoms with Crippen molar-refractivity contribution in [2.24, 2.45) is 0 Å². The highest BCUT2D eigenvalue weighted by molar-refractivity contribution is 5.55. The van der Waals surface area contributed by atoms with Gasteiger partial charge in [0.25, 0.3) is 0 Å². The first-order chi connectivity index (χ1) is 18.6. The molecule has 38 heavy (non-hydrogen) atoms. The number of hydrogen-bond donors (Lipinski definition) is 2. The van der Waals surface area contributed by atoms with Crippen LogP contribution < -0.4 is 9.47 Å². The van der Waals surface area contributed by atoms with Gasteiger partial charge in [0.2, 0.25) is 0 Å². The van der Waals surface area contributed by atoms with Gasteiger partial charge >= 0.3 is 0 Å². The maximum atomic E-state index is 11.1. The van der Waals surface area contributed by atoms with E-state index in [4.69, 9.17) is 14.5 Å². The molecule has 1 aromatic heterocycles. The van der Waals surface area contributed by atoms with E-state index in [9.17, 15) is 5.11 Å². The third kappa shape index (κ3) is 5.75. The standard InChI is InChI=1S/C31H36N4O3/c1-22-29(33-31(32-22)23-9-5-4-6-10-23)28(36)21-34-15-17-35(18-16-34)30(24-11-7-13-26(19-24)37-2)25-12-8-14-27(20-25)38-3/h4-14,19-20,28,30,36H,15-18,21H2,1-3H3,(H,32,33). The van der Waals surface area contributed by atoms with Crippen molar-refractivity contribution in [2.45, 2.75) is 19.1 Å². The van der Waals surface area contributed by atoms with Crippen molar-refractivity contribution in [1.29, 1.82) is 0 Å². The number of ether oxygens (including phenoxy) is 2. The molecule has 0 aliphatic carbocycles. The highest BCUT2D eigenvalue weighted by Gasteiger charge is 2.29. The Morgan fingerprint density at radius 3 is 2.03 bits per heavy atom. The number of imidazole rings is 1. The summed E-state index contributed by atoms with van der Waals surface area (Å²) in [5.74, 6) is 2.49. The molecule has 0 amide bonds. The number of aliphatic hydroxyl groups excluding tert-OH is 1. The molecular weight excluding hydrogens is 476 g/mol. The van der Waals surface area contributed by atoms with E-state index in [-0.39, 0.29) is 6.04 Å². The van der Waals surface area contributed by atoms with Crippen molar-refractivity contribution >= 4 is 0 Å². The zero-order valence-corrected chi connectivity index (χ0v) is 22.3. The predicted octanol–water partition coefficient (Wildman–Crippen LogP) is 4.84. The zero-order valence-electron chi connectivity index (χ0n) is 22.3. The summed E-state index contributed by atoms with van der Waals surface area (Å²) in [5, 5.41) is 11.1. The molecule has 3 aromatic carbocycles. The largest absolute Gasteiger partial charge is 0.497 e. The summed E-state index contributed by atoms with van der Waals surface area (Å²) in [6, 6.07) is 26.7. The van der Waals surface area contributed by atoms with E-state index in [2.05, 4.69) is 39.0 Å². The summed E-state index contributed by atoms with van der Waals surface area (Å²) < 4.78 is 11.1. The number of aliphatic hydroxyl groups is 1. The average molecular weight is 513 g/mol. The number of aromatic amines is 1. The minimum absolute atomic E-state index is 0.0780. The summed E-state index contributed by atoms with van der Waals surface area (Å²) in [7, 11) is 3.40. The summed E-state index contributed by atoms with van der Waals surface area (Å²) >= 11 is 0. The Bertz CT molecular complexity index is 1280. The molecule has 4 aromatic rings. The predicted molar refractivity (Wildman–Crippen MR) is 150 cm³/mol. The second-order valence-corrected chi connectivity index (χ2v) is 9.77. The van der Waals surface area contributed by atoms with Crippen LogP contribution in [0, 0.1) is 6.92 Å². The fraction of sp³-hybridized carbons (Fsp3) is 0.323. The normalized spacial score (nSPS) is 15.5. The first-order valence-corrected chi connectivity index (χ1v) is 13.1. The van der Waals surface area contributed by atoms with E-state index in [1.807, 2.05) is 61.5 Å². The van der Waals surface area contributed by atoms with Gasteiger partial charge in [0.15, 0.2) is 0 Å². The number of nitrogens with one attached hydrogen (secondary N) is 1. The number of β-amino-alcohol motifs (C(OH)–C–C–N with tert-alkyl or cyclic N) is 1. The van der Waals surface area contributed by atoms with Crippen molar-refractivity contribution in [3.05, 3.63) is 101 Å². The molecule has 1 saturated heterocycles. The minimum Gasteiger partial charge on any atom is -0.497 e. The third-order valence-electron chi connectivity index (χ3n) is 7.31. The van der Waals surface area contributed by atoms with Gasteiger partial charge in [-0.05, 0) is 42.3 Å². The molecule has 2 N–H and O–H groups in total. The lowest BCUT2D eigenvalue weighted by molar-refractivity contribution is 0.0605. The number of methoxy groups -OCH3 is 2. The van der Waals surface area contributed by atoms with Gasteiger partial charge in [-0.1, -0.05) is 54.6 Å². The van der Waals surface area contributed by atoms with Crippen molar-refractivity contribution in [1.82, 2.24) is 19.8 Å². The fourth-order valence-corrected chi connectivity index (χ4v) is 5.30. The number of H-pyrrole nitrogens is 1. The maximum absolute atomic E-state index is 11.1. The second kappa shape index (κ2) is 11.8. The Kier molecular flexibility index (Phi) is 8.08. The molecule has 198 valence electrons. The molecule has 7 nitrogen and oxygen atoms in total. The monoisotopic (exact) mass is 512 g/mol.